The molecule has 0 unspecified atom stereocenters. The Bertz CT molecular complexity index is 959. The van der Waals surface area contributed by atoms with Crippen LogP contribution in [0.15, 0.2) is 40.8 Å². The summed E-state index contributed by atoms with van der Waals surface area (Å²) < 4.78 is 16.0. The molecule has 3 aromatic rings. The molecular weight excluding hydrogens is 381 g/mol. The molecule has 0 spiro atoms. The molecule has 0 aliphatic heterocycles. The van der Waals surface area contributed by atoms with Gasteiger partial charge >= 0.3 is 6.01 Å². The van der Waals surface area contributed by atoms with Gasteiger partial charge < -0.3 is 13.9 Å². The van der Waals surface area contributed by atoms with E-state index in [1.807, 2.05) is 0 Å². The van der Waals surface area contributed by atoms with Crippen molar-refractivity contribution in [3.8, 4) is 23.0 Å². The summed E-state index contributed by atoms with van der Waals surface area (Å²) in [7, 11) is 3.06. The van der Waals surface area contributed by atoms with Gasteiger partial charge in [-0.25, -0.2) is 0 Å². The molecule has 134 valence electrons. The van der Waals surface area contributed by atoms with Crippen LogP contribution in [0.4, 0.5) is 6.01 Å². The summed E-state index contributed by atoms with van der Waals surface area (Å²) in [5.41, 5.74) is 0.763. The summed E-state index contributed by atoms with van der Waals surface area (Å²) in [6, 6.07) is 9.59. The Morgan fingerprint density at radius 2 is 1.88 bits per heavy atom. The topological polar surface area (TPSA) is 86.5 Å². The Hall–Kier alpha value is -2.77. The Kier molecular flexibility index (Phi) is 5.29. The predicted molar refractivity (Wildman–Crippen MR) is 97.3 cm³/mol. The van der Waals surface area contributed by atoms with Crippen molar-refractivity contribution in [1.82, 2.24) is 10.2 Å². The van der Waals surface area contributed by atoms with Gasteiger partial charge in [0.1, 0.15) is 11.5 Å². The molecule has 7 nitrogen and oxygen atoms in total. The van der Waals surface area contributed by atoms with E-state index in [1.165, 1.54) is 19.2 Å². The summed E-state index contributed by atoms with van der Waals surface area (Å²) in [4.78, 5) is 12.3. The highest BCUT2D eigenvalue weighted by atomic mass is 35.5. The van der Waals surface area contributed by atoms with E-state index in [1.54, 1.807) is 31.4 Å². The van der Waals surface area contributed by atoms with Crippen LogP contribution in [0.1, 0.15) is 10.4 Å². The van der Waals surface area contributed by atoms with Gasteiger partial charge in [0.05, 0.1) is 30.4 Å². The van der Waals surface area contributed by atoms with Crippen molar-refractivity contribution in [2.75, 3.05) is 19.5 Å². The highest BCUT2D eigenvalue weighted by Crippen LogP contribution is 2.33. The number of hydrogen-bond donors (Lipinski definition) is 1. The maximum atomic E-state index is 12.3. The van der Waals surface area contributed by atoms with Crippen molar-refractivity contribution in [3.63, 3.8) is 0 Å². The normalized spacial score (nSPS) is 10.5. The fourth-order valence-electron chi connectivity index (χ4n) is 2.20. The van der Waals surface area contributed by atoms with Gasteiger partial charge in [0.25, 0.3) is 11.8 Å². The Morgan fingerprint density at radius 3 is 2.58 bits per heavy atom. The zero-order valence-corrected chi connectivity index (χ0v) is 15.3. The number of anilines is 1. The number of methoxy groups -OCH3 is 2. The second-order valence-electron chi connectivity index (χ2n) is 5.06. The second-order valence-corrected chi connectivity index (χ2v) is 5.90. The standard InChI is InChI=1S/C17H13Cl2N3O4/c1-24-10-4-6-14(25-2)12(8-10)16-21-22-17(26-16)20-15(23)11-5-3-9(18)7-13(11)19/h3-8H,1-2H3,(H,20,22,23). The first kappa shape index (κ1) is 18.0. The first-order chi connectivity index (χ1) is 12.5. The molecule has 9 heteroatoms. The number of carbonyl (C=O) groups is 1. The number of hydrogen-bond acceptors (Lipinski definition) is 6. The summed E-state index contributed by atoms with van der Waals surface area (Å²) in [5, 5.41) is 10.9. The minimum Gasteiger partial charge on any atom is -0.497 e. The number of aromatic nitrogens is 2. The average molecular weight is 394 g/mol. The Balaban J connectivity index is 1.85. The van der Waals surface area contributed by atoms with Gasteiger partial charge in [0.15, 0.2) is 0 Å². The monoisotopic (exact) mass is 393 g/mol. The molecule has 1 aromatic heterocycles. The number of nitrogens with one attached hydrogen (secondary N) is 1. The van der Waals surface area contributed by atoms with E-state index in [9.17, 15) is 4.79 Å². The number of halogens is 2. The Morgan fingerprint density at radius 1 is 1.08 bits per heavy atom. The summed E-state index contributed by atoms with van der Waals surface area (Å²) in [6.07, 6.45) is 0. The zero-order valence-electron chi connectivity index (χ0n) is 13.7. The molecule has 0 fully saturated rings. The minimum atomic E-state index is -0.500. The predicted octanol–water partition coefficient (Wildman–Crippen LogP) is 4.31. The first-order valence-corrected chi connectivity index (χ1v) is 8.09. The molecule has 0 saturated heterocycles. The molecule has 0 atom stereocenters. The van der Waals surface area contributed by atoms with Crippen LogP contribution >= 0.6 is 23.2 Å². The molecule has 1 amide bonds. The maximum Gasteiger partial charge on any atom is 0.322 e. The van der Waals surface area contributed by atoms with E-state index in [0.29, 0.717) is 22.1 Å². The second kappa shape index (κ2) is 7.63. The molecule has 0 aliphatic carbocycles. The summed E-state index contributed by atoms with van der Waals surface area (Å²) >= 11 is 11.8. The fraction of sp³-hybridized carbons (Fsp3) is 0.118. The van der Waals surface area contributed by atoms with E-state index in [0.717, 1.165) is 0 Å². The quantitative estimate of drug-likeness (QED) is 0.694. The number of rotatable bonds is 5. The van der Waals surface area contributed by atoms with E-state index in [2.05, 4.69) is 15.5 Å². The largest absolute Gasteiger partial charge is 0.497 e. The third-order valence-electron chi connectivity index (χ3n) is 3.46. The van der Waals surface area contributed by atoms with Gasteiger partial charge in [-0.3, -0.25) is 10.1 Å². The molecule has 26 heavy (non-hydrogen) atoms. The van der Waals surface area contributed by atoms with Crippen molar-refractivity contribution in [2.24, 2.45) is 0 Å². The van der Waals surface area contributed by atoms with Crippen LogP contribution in [-0.2, 0) is 0 Å². The smallest absolute Gasteiger partial charge is 0.322 e. The van der Waals surface area contributed by atoms with Crippen molar-refractivity contribution in [1.29, 1.82) is 0 Å². The lowest BCUT2D eigenvalue weighted by molar-refractivity contribution is 0.102. The molecule has 1 heterocycles. The van der Waals surface area contributed by atoms with E-state index >= 15 is 0 Å². The van der Waals surface area contributed by atoms with Gasteiger partial charge in [0, 0.05) is 5.02 Å². The minimum absolute atomic E-state index is 0.0825. The van der Waals surface area contributed by atoms with Gasteiger partial charge in [-0.2, -0.15) is 0 Å². The third-order valence-corrected chi connectivity index (χ3v) is 4.01. The molecular formula is C17H13Cl2N3O4. The average Bonchev–Trinajstić information content (AvgIpc) is 3.09. The SMILES string of the molecule is COc1ccc(OC)c(-c2nnc(NC(=O)c3ccc(Cl)cc3Cl)o2)c1. The fourth-order valence-corrected chi connectivity index (χ4v) is 2.70. The maximum absolute atomic E-state index is 12.3. The highest BCUT2D eigenvalue weighted by Gasteiger charge is 2.18. The van der Waals surface area contributed by atoms with Crippen LogP contribution in [-0.4, -0.2) is 30.3 Å². The van der Waals surface area contributed by atoms with Crippen LogP contribution in [0.3, 0.4) is 0 Å². The molecule has 0 radical (unpaired) electrons. The molecule has 3 rings (SSSR count). The number of amides is 1. The van der Waals surface area contributed by atoms with Crippen molar-refractivity contribution in [3.05, 3.63) is 52.0 Å². The van der Waals surface area contributed by atoms with Gasteiger partial charge in [-0.1, -0.05) is 28.3 Å². The lowest BCUT2D eigenvalue weighted by Gasteiger charge is -2.07. The van der Waals surface area contributed by atoms with Crippen LogP contribution in [0.2, 0.25) is 10.0 Å². The van der Waals surface area contributed by atoms with Gasteiger partial charge in [-0.05, 0) is 36.4 Å². The lowest BCUT2D eigenvalue weighted by atomic mass is 10.2. The third kappa shape index (κ3) is 3.74. The molecule has 2 aromatic carbocycles. The highest BCUT2D eigenvalue weighted by molar-refractivity contribution is 6.37. The Labute approximate surface area is 158 Å². The van der Waals surface area contributed by atoms with Crippen molar-refractivity contribution in [2.45, 2.75) is 0 Å². The summed E-state index contributed by atoms with van der Waals surface area (Å²) in [6.45, 7) is 0. The molecule has 1 N–H and O–H groups in total. The van der Waals surface area contributed by atoms with Crippen LogP contribution < -0.4 is 14.8 Å². The zero-order chi connectivity index (χ0) is 18.7. The number of ether oxygens (including phenoxy) is 2. The molecule has 0 saturated carbocycles. The van der Waals surface area contributed by atoms with E-state index in [4.69, 9.17) is 37.1 Å². The number of nitrogens with zero attached hydrogens (tertiary/aromatic N) is 2. The lowest BCUT2D eigenvalue weighted by Crippen LogP contribution is -2.12. The van der Waals surface area contributed by atoms with E-state index in [-0.39, 0.29) is 22.5 Å². The van der Waals surface area contributed by atoms with Crippen molar-refractivity contribution >= 4 is 35.1 Å². The van der Waals surface area contributed by atoms with Crippen molar-refractivity contribution < 1.29 is 18.7 Å². The first-order valence-electron chi connectivity index (χ1n) is 7.34. The van der Waals surface area contributed by atoms with Crippen LogP contribution in [0, 0.1) is 0 Å². The number of carbonyl (C=O) groups excluding carboxylic acids is 1. The number of benzene rings is 2. The van der Waals surface area contributed by atoms with Gasteiger partial charge in [-0.15, -0.1) is 5.10 Å². The van der Waals surface area contributed by atoms with Crippen LogP contribution in [0.25, 0.3) is 11.5 Å². The van der Waals surface area contributed by atoms with E-state index < -0.39 is 5.91 Å². The molecule has 0 aliphatic rings. The van der Waals surface area contributed by atoms with Gasteiger partial charge in [0.2, 0.25) is 0 Å². The molecule has 0 bridgehead atoms. The van der Waals surface area contributed by atoms with Crippen LogP contribution in [0.5, 0.6) is 11.5 Å². The summed E-state index contributed by atoms with van der Waals surface area (Å²) in [5.74, 6) is 0.781.